The summed E-state index contributed by atoms with van der Waals surface area (Å²) in [6, 6.07) is 3.80. The van der Waals surface area contributed by atoms with E-state index in [0.717, 1.165) is 11.5 Å². The Kier molecular flexibility index (Phi) is 3.08. The molecule has 0 aromatic carbocycles. The van der Waals surface area contributed by atoms with Crippen LogP contribution in [-0.4, -0.2) is 30.2 Å². The number of nitrogens with one attached hydrogen (secondary N) is 2. The molecule has 0 saturated carbocycles. The Morgan fingerprint density at radius 2 is 2.15 bits per heavy atom. The Morgan fingerprint density at radius 3 is 2.85 bits per heavy atom. The first-order valence-electron chi connectivity index (χ1n) is 6.16. The molecule has 0 bridgehead atoms. The molecule has 3 aromatic heterocycles. The lowest BCUT2D eigenvalue weighted by Crippen LogP contribution is -2.24. The van der Waals surface area contributed by atoms with E-state index in [2.05, 4.69) is 20.4 Å². The van der Waals surface area contributed by atoms with Crippen molar-refractivity contribution in [3.05, 3.63) is 54.5 Å². The monoisotopic (exact) mass is 270 g/mol. The van der Waals surface area contributed by atoms with Gasteiger partial charge in [-0.15, -0.1) is 0 Å². The lowest BCUT2D eigenvalue weighted by atomic mass is 10.3. The Morgan fingerprint density at radius 1 is 1.35 bits per heavy atom. The molecule has 102 valence electrons. The summed E-state index contributed by atoms with van der Waals surface area (Å²) in [6.07, 6.45) is 8.58. The molecule has 1 amide bonds. The fourth-order valence-electron chi connectivity index (χ4n) is 2.03. The second-order valence-electron chi connectivity index (χ2n) is 4.36. The van der Waals surface area contributed by atoms with E-state index in [-0.39, 0.29) is 5.91 Å². The molecule has 3 heterocycles. The zero-order chi connectivity index (χ0) is 13.9. The summed E-state index contributed by atoms with van der Waals surface area (Å²) in [7, 11) is 1.81. The van der Waals surface area contributed by atoms with Crippen molar-refractivity contribution in [1.29, 1.82) is 0 Å². The molecule has 3 aromatic rings. The number of aromatic nitrogens is 5. The summed E-state index contributed by atoms with van der Waals surface area (Å²) in [5.74, 6) is 0.563. The summed E-state index contributed by atoms with van der Waals surface area (Å²) in [5, 5.41) is 6.99. The van der Waals surface area contributed by atoms with Crippen LogP contribution in [0.3, 0.4) is 0 Å². The minimum atomic E-state index is -0.170. The lowest BCUT2D eigenvalue weighted by molar-refractivity contribution is 0.0950. The van der Waals surface area contributed by atoms with Crippen molar-refractivity contribution in [1.82, 2.24) is 29.6 Å². The van der Waals surface area contributed by atoms with Crippen molar-refractivity contribution in [2.75, 3.05) is 0 Å². The van der Waals surface area contributed by atoms with E-state index in [4.69, 9.17) is 0 Å². The standard InChI is InChI=1S/C13H14N6O/c1-18-13(19-4-2-3-5-19)11(8-17-18)12(20)15-7-10-6-14-9-16-10/h2-6,8-9H,7H2,1H3,(H,14,16)(H,15,20). The summed E-state index contributed by atoms with van der Waals surface area (Å²) < 4.78 is 3.53. The molecule has 3 rings (SSSR count). The molecule has 0 spiro atoms. The maximum absolute atomic E-state index is 12.3. The fraction of sp³-hybridized carbons (Fsp3) is 0.154. The first-order chi connectivity index (χ1) is 9.75. The zero-order valence-corrected chi connectivity index (χ0v) is 10.9. The van der Waals surface area contributed by atoms with E-state index < -0.39 is 0 Å². The fourth-order valence-corrected chi connectivity index (χ4v) is 2.03. The van der Waals surface area contributed by atoms with Crippen LogP contribution in [0.4, 0.5) is 0 Å². The van der Waals surface area contributed by atoms with Gasteiger partial charge in [-0.25, -0.2) is 4.98 Å². The van der Waals surface area contributed by atoms with Gasteiger partial charge in [0.2, 0.25) is 0 Å². The smallest absolute Gasteiger partial charge is 0.257 e. The van der Waals surface area contributed by atoms with Crippen LogP contribution in [0.5, 0.6) is 0 Å². The van der Waals surface area contributed by atoms with Crippen LogP contribution >= 0.6 is 0 Å². The predicted octanol–water partition coefficient (Wildman–Crippen LogP) is 0.864. The third-order valence-electron chi connectivity index (χ3n) is 3.00. The minimum absolute atomic E-state index is 0.170. The van der Waals surface area contributed by atoms with Crippen molar-refractivity contribution in [2.24, 2.45) is 7.05 Å². The normalized spacial score (nSPS) is 10.7. The van der Waals surface area contributed by atoms with Crippen molar-refractivity contribution in [3.8, 4) is 5.82 Å². The molecule has 0 aliphatic rings. The van der Waals surface area contributed by atoms with Gasteiger partial charge >= 0.3 is 0 Å². The van der Waals surface area contributed by atoms with E-state index in [9.17, 15) is 4.79 Å². The molecule has 7 heteroatoms. The van der Waals surface area contributed by atoms with Crippen molar-refractivity contribution < 1.29 is 4.79 Å². The molecule has 0 fully saturated rings. The van der Waals surface area contributed by atoms with E-state index in [1.54, 1.807) is 30.5 Å². The first kappa shape index (κ1) is 12.2. The average Bonchev–Trinajstić information content (AvgIpc) is 3.17. The highest BCUT2D eigenvalue weighted by Gasteiger charge is 2.17. The second kappa shape index (κ2) is 5.04. The highest BCUT2D eigenvalue weighted by molar-refractivity contribution is 5.97. The second-order valence-corrected chi connectivity index (χ2v) is 4.36. The van der Waals surface area contributed by atoms with Crippen LogP contribution in [0, 0.1) is 0 Å². The van der Waals surface area contributed by atoms with Crippen LogP contribution in [0.25, 0.3) is 5.82 Å². The molecule has 0 aliphatic heterocycles. The number of nitrogens with zero attached hydrogens (tertiary/aromatic N) is 4. The van der Waals surface area contributed by atoms with E-state index in [0.29, 0.717) is 12.1 Å². The van der Waals surface area contributed by atoms with Crippen LogP contribution in [0.1, 0.15) is 16.1 Å². The van der Waals surface area contributed by atoms with Crippen LogP contribution < -0.4 is 5.32 Å². The third-order valence-corrected chi connectivity index (χ3v) is 3.00. The number of H-pyrrole nitrogens is 1. The quantitative estimate of drug-likeness (QED) is 0.738. The van der Waals surface area contributed by atoms with Gasteiger partial charge in [-0.2, -0.15) is 5.10 Å². The molecule has 20 heavy (non-hydrogen) atoms. The zero-order valence-electron chi connectivity index (χ0n) is 10.9. The Hall–Kier alpha value is -2.83. The van der Waals surface area contributed by atoms with Gasteiger partial charge in [0.25, 0.3) is 5.91 Å². The number of hydrogen-bond donors (Lipinski definition) is 2. The number of hydrogen-bond acceptors (Lipinski definition) is 3. The molecule has 0 radical (unpaired) electrons. The molecule has 0 atom stereocenters. The molecular weight excluding hydrogens is 256 g/mol. The third kappa shape index (κ3) is 2.20. The molecular formula is C13H14N6O. The topological polar surface area (TPSA) is 80.5 Å². The minimum Gasteiger partial charge on any atom is -0.347 e. The largest absolute Gasteiger partial charge is 0.347 e. The highest BCUT2D eigenvalue weighted by Crippen LogP contribution is 2.13. The van der Waals surface area contributed by atoms with Gasteiger partial charge in [-0.3, -0.25) is 9.48 Å². The Labute approximate surface area is 115 Å². The maximum Gasteiger partial charge on any atom is 0.257 e. The van der Waals surface area contributed by atoms with Gasteiger partial charge in [0, 0.05) is 25.6 Å². The van der Waals surface area contributed by atoms with Crippen molar-refractivity contribution in [2.45, 2.75) is 6.54 Å². The summed E-state index contributed by atoms with van der Waals surface area (Å²) in [5.41, 5.74) is 1.38. The van der Waals surface area contributed by atoms with E-state index >= 15 is 0 Å². The number of rotatable bonds is 4. The van der Waals surface area contributed by atoms with E-state index in [1.807, 2.05) is 29.1 Å². The number of carbonyl (C=O) groups excluding carboxylic acids is 1. The van der Waals surface area contributed by atoms with Gasteiger partial charge in [-0.05, 0) is 12.1 Å². The molecule has 0 unspecified atom stereocenters. The number of amides is 1. The maximum atomic E-state index is 12.3. The molecule has 0 aliphatic carbocycles. The highest BCUT2D eigenvalue weighted by atomic mass is 16.1. The molecule has 7 nitrogen and oxygen atoms in total. The van der Waals surface area contributed by atoms with Gasteiger partial charge < -0.3 is 14.9 Å². The van der Waals surface area contributed by atoms with E-state index in [1.165, 1.54) is 0 Å². The number of imidazole rings is 1. The molecule has 0 saturated heterocycles. The van der Waals surface area contributed by atoms with Gasteiger partial charge in [-0.1, -0.05) is 0 Å². The molecule has 2 N–H and O–H groups in total. The Balaban J connectivity index is 1.82. The van der Waals surface area contributed by atoms with Crippen LogP contribution in [-0.2, 0) is 13.6 Å². The van der Waals surface area contributed by atoms with Gasteiger partial charge in [0.15, 0.2) is 0 Å². The van der Waals surface area contributed by atoms with Gasteiger partial charge in [0.1, 0.15) is 11.4 Å². The lowest BCUT2D eigenvalue weighted by Gasteiger charge is -2.07. The average molecular weight is 270 g/mol. The van der Waals surface area contributed by atoms with Gasteiger partial charge in [0.05, 0.1) is 24.8 Å². The van der Waals surface area contributed by atoms with Crippen molar-refractivity contribution in [3.63, 3.8) is 0 Å². The Bertz CT molecular complexity index is 695. The van der Waals surface area contributed by atoms with Crippen LogP contribution in [0.15, 0.2) is 43.2 Å². The number of carbonyl (C=O) groups is 1. The predicted molar refractivity (Wildman–Crippen MR) is 72.3 cm³/mol. The summed E-state index contributed by atoms with van der Waals surface area (Å²) in [6.45, 7) is 0.402. The van der Waals surface area contributed by atoms with Crippen molar-refractivity contribution >= 4 is 5.91 Å². The summed E-state index contributed by atoms with van der Waals surface area (Å²) >= 11 is 0. The summed E-state index contributed by atoms with van der Waals surface area (Å²) in [4.78, 5) is 19.1. The number of aromatic amines is 1. The first-order valence-corrected chi connectivity index (χ1v) is 6.16. The number of aryl methyl sites for hydroxylation is 1. The van der Waals surface area contributed by atoms with Crippen LogP contribution in [0.2, 0.25) is 0 Å². The SMILES string of the molecule is Cn1ncc(C(=O)NCc2cnc[nH]2)c1-n1cccc1.